The number of allylic oxidation sites excluding steroid dienone is 10. The number of carbonyl (C=O) groups excluding carboxylic acids is 2. The van der Waals surface area contributed by atoms with Crippen LogP contribution in [0.5, 0.6) is 0 Å². The van der Waals surface area contributed by atoms with Gasteiger partial charge in [-0.05, 0) is 83.5 Å². The smallest absolute Gasteiger partial charge is 0.306 e. The first-order chi connectivity index (χ1) is 32.6. The molecule has 0 aliphatic rings. The second-order valence-corrected chi connectivity index (χ2v) is 19.2. The van der Waals surface area contributed by atoms with Crippen LogP contribution in [-0.4, -0.2) is 37.9 Å². The van der Waals surface area contributed by atoms with Crippen molar-refractivity contribution in [2.75, 3.05) is 19.8 Å². The van der Waals surface area contributed by atoms with Gasteiger partial charge in [0.25, 0.3) is 0 Å². The second kappa shape index (κ2) is 56.9. The summed E-state index contributed by atoms with van der Waals surface area (Å²) in [4.78, 5) is 25.5. The molecule has 0 bridgehead atoms. The number of unbranched alkanes of at least 4 members (excludes halogenated alkanes) is 32. The molecule has 1 atom stereocenters. The molecule has 0 aromatic carbocycles. The first kappa shape index (κ1) is 63.6. The van der Waals surface area contributed by atoms with Crippen molar-refractivity contribution >= 4 is 11.9 Å². The van der Waals surface area contributed by atoms with Crippen molar-refractivity contribution in [2.45, 2.75) is 297 Å². The van der Waals surface area contributed by atoms with E-state index in [-0.39, 0.29) is 25.2 Å². The maximum absolute atomic E-state index is 12.8. The van der Waals surface area contributed by atoms with E-state index in [1.807, 2.05) is 0 Å². The summed E-state index contributed by atoms with van der Waals surface area (Å²) in [6.45, 7) is 7.71. The predicted molar refractivity (Wildman–Crippen MR) is 288 cm³/mol. The standard InChI is InChI=1S/C61H110O5/c1-4-7-10-13-16-19-22-25-28-30-32-35-38-41-44-47-50-53-56-64-57-59(66-61(63)55-52-49-46-43-40-37-33-27-24-21-18-15-12-9-6-3)58-65-60(62)54-51-48-45-42-39-36-34-31-29-26-23-20-17-14-11-8-5-2/h7,10,16,19,25,27-28,32-33,35,59H,4-6,8-9,11-15,17-18,20-24,26,29-31,34,36-58H2,1-3H3/b10-7-,19-16-,28-25-,33-27-,35-32-. The minimum atomic E-state index is -0.550. The summed E-state index contributed by atoms with van der Waals surface area (Å²) in [5.41, 5.74) is 0. The lowest BCUT2D eigenvalue weighted by molar-refractivity contribution is -0.163. The Kier molecular flexibility index (Phi) is 54.9. The Balaban J connectivity index is 4.29. The quantitative estimate of drug-likeness (QED) is 0.0346. The number of rotatable bonds is 53. The minimum absolute atomic E-state index is 0.0766. The van der Waals surface area contributed by atoms with E-state index in [0.717, 1.165) is 83.5 Å². The van der Waals surface area contributed by atoms with Gasteiger partial charge in [0, 0.05) is 19.4 Å². The van der Waals surface area contributed by atoms with E-state index in [2.05, 4.69) is 81.5 Å². The third-order valence-electron chi connectivity index (χ3n) is 12.5. The van der Waals surface area contributed by atoms with Crippen molar-refractivity contribution in [3.05, 3.63) is 60.8 Å². The van der Waals surface area contributed by atoms with Crippen LogP contribution in [0, 0.1) is 0 Å². The van der Waals surface area contributed by atoms with Crippen molar-refractivity contribution in [3.8, 4) is 0 Å². The van der Waals surface area contributed by atoms with Crippen LogP contribution in [0.1, 0.15) is 290 Å². The normalized spacial score (nSPS) is 12.6. The third-order valence-corrected chi connectivity index (χ3v) is 12.5. The summed E-state index contributed by atoms with van der Waals surface area (Å²) in [5.74, 6) is -0.404. The predicted octanol–water partition coefficient (Wildman–Crippen LogP) is 19.7. The van der Waals surface area contributed by atoms with E-state index in [1.165, 1.54) is 173 Å². The van der Waals surface area contributed by atoms with Crippen LogP contribution in [0.3, 0.4) is 0 Å². The highest BCUT2D eigenvalue weighted by Crippen LogP contribution is 2.16. The summed E-state index contributed by atoms with van der Waals surface area (Å²) in [6.07, 6.45) is 72.4. The van der Waals surface area contributed by atoms with E-state index < -0.39 is 6.10 Å². The van der Waals surface area contributed by atoms with Gasteiger partial charge in [0.2, 0.25) is 0 Å². The molecule has 0 fully saturated rings. The van der Waals surface area contributed by atoms with Crippen LogP contribution in [0.25, 0.3) is 0 Å². The lowest BCUT2D eigenvalue weighted by Gasteiger charge is -2.18. The molecular weight excluding hydrogens is 813 g/mol. The summed E-state index contributed by atoms with van der Waals surface area (Å²) in [5, 5.41) is 0. The van der Waals surface area contributed by atoms with Gasteiger partial charge in [0.15, 0.2) is 6.10 Å². The van der Waals surface area contributed by atoms with Gasteiger partial charge in [0.05, 0.1) is 6.61 Å². The van der Waals surface area contributed by atoms with E-state index in [1.54, 1.807) is 0 Å². The molecule has 0 heterocycles. The van der Waals surface area contributed by atoms with Crippen molar-refractivity contribution in [2.24, 2.45) is 0 Å². The largest absolute Gasteiger partial charge is 0.462 e. The molecule has 5 heteroatoms. The van der Waals surface area contributed by atoms with Gasteiger partial charge in [-0.3, -0.25) is 9.59 Å². The number of carbonyl (C=O) groups is 2. The molecule has 0 spiro atoms. The van der Waals surface area contributed by atoms with E-state index in [9.17, 15) is 9.59 Å². The Morgan fingerprint density at radius 1 is 0.348 bits per heavy atom. The molecule has 0 saturated heterocycles. The number of hydrogen-bond acceptors (Lipinski definition) is 5. The first-order valence-corrected chi connectivity index (χ1v) is 28.8. The molecular formula is C61H110O5. The average molecular weight is 924 g/mol. The fourth-order valence-corrected chi connectivity index (χ4v) is 8.26. The zero-order valence-corrected chi connectivity index (χ0v) is 44.2. The molecule has 384 valence electrons. The van der Waals surface area contributed by atoms with Crippen LogP contribution < -0.4 is 0 Å². The molecule has 0 N–H and O–H groups in total. The van der Waals surface area contributed by atoms with Crippen LogP contribution >= 0.6 is 0 Å². The van der Waals surface area contributed by atoms with Gasteiger partial charge in [-0.2, -0.15) is 0 Å². The second-order valence-electron chi connectivity index (χ2n) is 19.2. The van der Waals surface area contributed by atoms with Gasteiger partial charge in [-0.25, -0.2) is 0 Å². The highest BCUT2D eigenvalue weighted by atomic mass is 16.6. The Morgan fingerprint density at radius 3 is 1.11 bits per heavy atom. The molecule has 0 aliphatic carbocycles. The molecule has 0 amide bonds. The Bertz CT molecular complexity index is 1130. The van der Waals surface area contributed by atoms with Gasteiger partial charge >= 0.3 is 11.9 Å². The van der Waals surface area contributed by atoms with Crippen LogP contribution in [0.15, 0.2) is 60.8 Å². The fourth-order valence-electron chi connectivity index (χ4n) is 8.26. The summed E-state index contributed by atoms with van der Waals surface area (Å²) >= 11 is 0. The van der Waals surface area contributed by atoms with Gasteiger partial charge in [0.1, 0.15) is 6.61 Å². The first-order valence-electron chi connectivity index (χ1n) is 28.8. The van der Waals surface area contributed by atoms with Gasteiger partial charge in [-0.15, -0.1) is 0 Å². The van der Waals surface area contributed by atoms with Crippen molar-refractivity contribution in [3.63, 3.8) is 0 Å². The molecule has 66 heavy (non-hydrogen) atoms. The Morgan fingerprint density at radius 2 is 0.682 bits per heavy atom. The molecule has 5 nitrogen and oxygen atoms in total. The van der Waals surface area contributed by atoms with Crippen LogP contribution in [-0.2, 0) is 23.8 Å². The van der Waals surface area contributed by atoms with Crippen molar-refractivity contribution in [1.82, 2.24) is 0 Å². The number of hydrogen-bond donors (Lipinski definition) is 0. The molecule has 0 radical (unpaired) electrons. The molecule has 0 aliphatic heterocycles. The Hall–Kier alpha value is -2.40. The maximum Gasteiger partial charge on any atom is 0.306 e. The Labute approximate surface area is 411 Å². The molecule has 0 rings (SSSR count). The highest BCUT2D eigenvalue weighted by Gasteiger charge is 2.17. The van der Waals surface area contributed by atoms with Crippen molar-refractivity contribution < 1.29 is 23.8 Å². The summed E-state index contributed by atoms with van der Waals surface area (Å²) in [6, 6.07) is 0. The lowest BCUT2D eigenvalue weighted by Crippen LogP contribution is -2.30. The number of esters is 2. The average Bonchev–Trinajstić information content (AvgIpc) is 3.32. The monoisotopic (exact) mass is 923 g/mol. The number of ether oxygens (including phenoxy) is 3. The zero-order valence-electron chi connectivity index (χ0n) is 44.2. The minimum Gasteiger partial charge on any atom is -0.462 e. The van der Waals surface area contributed by atoms with E-state index >= 15 is 0 Å². The van der Waals surface area contributed by atoms with Crippen LogP contribution in [0.2, 0.25) is 0 Å². The lowest BCUT2D eigenvalue weighted by atomic mass is 10.0. The van der Waals surface area contributed by atoms with Crippen molar-refractivity contribution in [1.29, 1.82) is 0 Å². The topological polar surface area (TPSA) is 61.8 Å². The van der Waals surface area contributed by atoms with E-state index in [4.69, 9.17) is 14.2 Å². The molecule has 0 aromatic heterocycles. The SMILES string of the molecule is CC/C=C\C/C=C\C/C=C\C/C=C\CCCCCCCOCC(COC(=O)CCCCCCCCCCCCCCCCCCC)OC(=O)CCCCCCC/C=C\CCCCCCCC. The van der Waals surface area contributed by atoms with E-state index in [0.29, 0.717) is 19.4 Å². The maximum atomic E-state index is 12.8. The van der Waals surface area contributed by atoms with Crippen LogP contribution in [0.4, 0.5) is 0 Å². The fraction of sp³-hybridized carbons (Fsp3) is 0.803. The van der Waals surface area contributed by atoms with Gasteiger partial charge < -0.3 is 14.2 Å². The summed E-state index contributed by atoms with van der Waals surface area (Å²) < 4.78 is 17.5. The van der Waals surface area contributed by atoms with Gasteiger partial charge in [-0.1, -0.05) is 255 Å². The molecule has 0 saturated carbocycles. The third kappa shape index (κ3) is 54.2. The summed E-state index contributed by atoms with van der Waals surface area (Å²) in [7, 11) is 0. The highest BCUT2D eigenvalue weighted by molar-refractivity contribution is 5.70. The zero-order chi connectivity index (χ0) is 47.7. The molecule has 1 unspecified atom stereocenters. The molecule has 0 aromatic rings.